The predicted octanol–water partition coefficient (Wildman–Crippen LogP) is -0.404. The van der Waals surface area contributed by atoms with E-state index in [1.165, 1.54) is 13.8 Å². The molecule has 8 nitrogen and oxygen atoms in total. The summed E-state index contributed by atoms with van der Waals surface area (Å²) in [5.74, 6) is -0.439. The number of nitrogens with one attached hydrogen (secondary N) is 2. The van der Waals surface area contributed by atoms with Gasteiger partial charge in [0.05, 0.1) is 11.0 Å². The van der Waals surface area contributed by atoms with Crippen LogP contribution in [0.5, 0.6) is 0 Å². The lowest BCUT2D eigenvalue weighted by Gasteiger charge is -2.18. The first-order valence-corrected chi connectivity index (χ1v) is 5.55. The van der Waals surface area contributed by atoms with E-state index in [0.29, 0.717) is 0 Å². The minimum atomic E-state index is -0.911. The van der Waals surface area contributed by atoms with Gasteiger partial charge in [0.15, 0.2) is 0 Å². The molecule has 1 unspecified atom stereocenters. The van der Waals surface area contributed by atoms with Crippen LogP contribution in [0.2, 0.25) is 0 Å². The molecule has 0 aromatic heterocycles. The van der Waals surface area contributed by atoms with Gasteiger partial charge < -0.3 is 15.5 Å². The molecule has 0 aliphatic rings. The molecule has 0 aromatic rings. The maximum absolute atomic E-state index is 11.0. The lowest BCUT2D eigenvalue weighted by atomic mass is 10.1. The van der Waals surface area contributed by atoms with Crippen LogP contribution in [0.15, 0.2) is 0 Å². The molecule has 1 amide bonds. The number of Topliss-reactive ketones (excluding diaryl/α,β-unsaturated/α-hetero) is 1. The Morgan fingerprint density at radius 2 is 2.06 bits per heavy atom. The van der Waals surface area contributed by atoms with Crippen LogP contribution in [0.25, 0.3) is 0 Å². The van der Waals surface area contributed by atoms with Gasteiger partial charge in [-0.05, 0) is 6.92 Å². The SMILES string of the molecule is CC(=O)CC(NC(C)=O)C(=S)NCCO[N+](=O)[O-]. The van der Waals surface area contributed by atoms with Gasteiger partial charge in [-0.15, -0.1) is 10.1 Å². The third kappa shape index (κ3) is 8.39. The Morgan fingerprint density at radius 3 is 2.50 bits per heavy atom. The summed E-state index contributed by atoms with van der Waals surface area (Å²) in [7, 11) is 0. The molecular weight excluding hydrogens is 262 g/mol. The van der Waals surface area contributed by atoms with Crippen LogP contribution < -0.4 is 10.6 Å². The van der Waals surface area contributed by atoms with Crippen molar-refractivity contribution < 1.29 is 19.5 Å². The Labute approximate surface area is 109 Å². The van der Waals surface area contributed by atoms with E-state index in [4.69, 9.17) is 12.2 Å². The zero-order valence-electron chi connectivity index (χ0n) is 10.1. The molecule has 0 spiro atoms. The molecule has 0 heterocycles. The number of amides is 1. The van der Waals surface area contributed by atoms with Crippen molar-refractivity contribution >= 4 is 28.9 Å². The Kier molecular flexibility index (Phi) is 7.52. The number of nitrogens with zero attached hydrogens (tertiary/aromatic N) is 1. The van der Waals surface area contributed by atoms with Gasteiger partial charge in [0, 0.05) is 19.9 Å². The molecule has 0 saturated carbocycles. The Hall–Kier alpha value is -1.77. The minimum Gasteiger partial charge on any atom is -0.376 e. The van der Waals surface area contributed by atoms with Gasteiger partial charge in [-0.3, -0.25) is 9.59 Å². The van der Waals surface area contributed by atoms with Crippen LogP contribution in [-0.4, -0.2) is 41.0 Å². The van der Waals surface area contributed by atoms with E-state index in [1.54, 1.807) is 0 Å². The van der Waals surface area contributed by atoms with Crippen molar-refractivity contribution in [2.75, 3.05) is 13.2 Å². The molecule has 0 fully saturated rings. The van der Waals surface area contributed by atoms with Crippen molar-refractivity contribution in [2.45, 2.75) is 26.3 Å². The molecule has 0 saturated heterocycles. The fourth-order valence-corrected chi connectivity index (χ4v) is 1.40. The van der Waals surface area contributed by atoms with E-state index >= 15 is 0 Å². The summed E-state index contributed by atoms with van der Waals surface area (Å²) >= 11 is 4.99. The van der Waals surface area contributed by atoms with Gasteiger partial charge >= 0.3 is 0 Å². The minimum absolute atomic E-state index is 0.0709. The summed E-state index contributed by atoms with van der Waals surface area (Å²) in [6.45, 7) is 2.65. The van der Waals surface area contributed by atoms with Crippen molar-refractivity contribution in [3.63, 3.8) is 0 Å². The van der Waals surface area contributed by atoms with Crippen LogP contribution in [-0.2, 0) is 14.4 Å². The number of thiocarbonyl (C=S) groups is 1. The molecular formula is C9H15N3O5S. The molecule has 2 N–H and O–H groups in total. The highest BCUT2D eigenvalue weighted by molar-refractivity contribution is 7.80. The first kappa shape index (κ1) is 16.2. The third-order valence-electron chi connectivity index (χ3n) is 1.78. The molecule has 0 aromatic carbocycles. The maximum Gasteiger partial charge on any atom is 0.294 e. The molecule has 18 heavy (non-hydrogen) atoms. The van der Waals surface area contributed by atoms with Crippen LogP contribution in [0.4, 0.5) is 0 Å². The maximum atomic E-state index is 11.0. The lowest BCUT2D eigenvalue weighted by molar-refractivity contribution is -0.757. The van der Waals surface area contributed by atoms with Gasteiger partial charge in [-0.25, -0.2) is 0 Å². The highest BCUT2D eigenvalue weighted by Crippen LogP contribution is 1.96. The standard InChI is InChI=1S/C9H15N3O5S/c1-6(13)5-8(11-7(2)14)9(18)10-3-4-17-12(15)16/h8H,3-5H2,1-2H3,(H,10,18)(H,11,14). The summed E-state index contributed by atoms with van der Waals surface area (Å²) in [5, 5.41) is 14.2. The Bertz CT molecular complexity index is 331. The van der Waals surface area contributed by atoms with Crippen molar-refractivity contribution in [2.24, 2.45) is 0 Å². The van der Waals surface area contributed by atoms with E-state index in [1.807, 2.05) is 0 Å². The smallest absolute Gasteiger partial charge is 0.294 e. The normalized spacial score (nSPS) is 11.2. The number of hydrogen-bond donors (Lipinski definition) is 2. The third-order valence-corrected chi connectivity index (χ3v) is 2.21. The molecule has 0 rings (SSSR count). The zero-order chi connectivity index (χ0) is 14.1. The van der Waals surface area contributed by atoms with Crippen molar-refractivity contribution in [1.82, 2.24) is 10.6 Å². The zero-order valence-corrected chi connectivity index (χ0v) is 10.9. The van der Waals surface area contributed by atoms with E-state index < -0.39 is 11.1 Å². The average Bonchev–Trinajstić information content (AvgIpc) is 2.21. The highest BCUT2D eigenvalue weighted by atomic mass is 32.1. The Balaban J connectivity index is 4.16. The van der Waals surface area contributed by atoms with E-state index in [0.717, 1.165) is 0 Å². The van der Waals surface area contributed by atoms with Crippen molar-refractivity contribution in [1.29, 1.82) is 0 Å². The predicted molar refractivity (Wildman–Crippen MR) is 66.4 cm³/mol. The number of ketones is 1. The molecule has 102 valence electrons. The number of carbonyl (C=O) groups is 2. The molecule has 0 radical (unpaired) electrons. The first-order chi connectivity index (χ1) is 8.32. The van der Waals surface area contributed by atoms with Gasteiger partial charge in [-0.2, -0.15) is 0 Å². The largest absolute Gasteiger partial charge is 0.376 e. The van der Waals surface area contributed by atoms with Crippen LogP contribution in [0.3, 0.4) is 0 Å². The topological polar surface area (TPSA) is 111 Å². The summed E-state index contributed by atoms with van der Waals surface area (Å²) in [4.78, 5) is 36.2. The quantitative estimate of drug-likeness (QED) is 0.269. The van der Waals surface area contributed by atoms with Crippen molar-refractivity contribution in [3.8, 4) is 0 Å². The van der Waals surface area contributed by atoms with E-state index in [-0.39, 0.29) is 36.3 Å². The van der Waals surface area contributed by atoms with Crippen LogP contribution in [0, 0.1) is 10.1 Å². The van der Waals surface area contributed by atoms with Crippen LogP contribution >= 0.6 is 12.2 Å². The second-order valence-corrected chi connectivity index (χ2v) is 3.95. The van der Waals surface area contributed by atoms with E-state index in [2.05, 4.69) is 15.5 Å². The van der Waals surface area contributed by atoms with Crippen LogP contribution in [0.1, 0.15) is 20.3 Å². The number of rotatable bonds is 8. The first-order valence-electron chi connectivity index (χ1n) is 5.14. The lowest BCUT2D eigenvalue weighted by Crippen LogP contribution is -2.46. The molecule has 0 aliphatic carbocycles. The molecule has 9 heteroatoms. The van der Waals surface area contributed by atoms with Crippen molar-refractivity contribution in [3.05, 3.63) is 10.1 Å². The summed E-state index contributed by atoms with van der Waals surface area (Å²) in [5.41, 5.74) is 0. The van der Waals surface area contributed by atoms with Gasteiger partial charge in [0.25, 0.3) is 5.09 Å². The van der Waals surface area contributed by atoms with E-state index in [9.17, 15) is 19.7 Å². The number of carbonyl (C=O) groups excluding carboxylic acids is 2. The molecule has 0 bridgehead atoms. The fraction of sp³-hybridized carbons (Fsp3) is 0.667. The second-order valence-electron chi connectivity index (χ2n) is 3.51. The summed E-state index contributed by atoms with van der Waals surface area (Å²) in [6, 6.07) is -0.606. The molecule has 1 atom stereocenters. The Morgan fingerprint density at radius 1 is 1.44 bits per heavy atom. The van der Waals surface area contributed by atoms with Gasteiger partial charge in [0.1, 0.15) is 12.4 Å². The summed E-state index contributed by atoms with van der Waals surface area (Å²) < 4.78 is 0. The second kappa shape index (κ2) is 8.34. The van der Waals surface area contributed by atoms with Gasteiger partial charge in [-0.1, -0.05) is 12.2 Å². The highest BCUT2D eigenvalue weighted by Gasteiger charge is 2.17. The van der Waals surface area contributed by atoms with Gasteiger partial charge in [0.2, 0.25) is 5.91 Å². The fourth-order valence-electron chi connectivity index (χ4n) is 1.16. The summed E-state index contributed by atoms with van der Waals surface area (Å²) in [6.07, 6.45) is 0.0709. The monoisotopic (exact) mass is 277 g/mol. The number of hydrogen-bond acceptors (Lipinski definition) is 6. The molecule has 0 aliphatic heterocycles. The average molecular weight is 277 g/mol.